The van der Waals surface area contributed by atoms with Crippen molar-refractivity contribution in [2.24, 2.45) is 0 Å². The number of alkyl halides is 3. The first-order valence-electron chi connectivity index (χ1n) is 9.94. The first-order valence-corrected chi connectivity index (χ1v) is 9.94. The zero-order chi connectivity index (χ0) is 22.0. The minimum atomic E-state index is -4.46. The number of rotatable bonds is 5. The molecule has 1 saturated heterocycles. The molecule has 4 rings (SSSR count). The quantitative estimate of drug-likeness (QED) is 0.623. The molecule has 3 heterocycles. The Balaban J connectivity index is 1.37. The van der Waals surface area contributed by atoms with Crippen LogP contribution < -0.4 is 4.90 Å². The summed E-state index contributed by atoms with van der Waals surface area (Å²) in [5.41, 5.74) is 1.60. The Labute approximate surface area is 176 Å². The lowest BCUT2D eigenvalue weighted by atomic mass is 9.89. The van der Waals surface area contributed by atoms with Crippen molar-refractivity contribution in [2.75, 3.05) is 18.0 Å². The van der Waals surface area contributed by atoms with Crippen LogP contribution in [0.3, 0.4) is 0 Å². The Bertz CT molecular complexity index is 1040. The van der Waals surface area contributed by atoms with E-state index in [4.69, 9.17) is 5.11 Å². The number of aliphatic carboxylic acids is 1. The van der Waals surface area contributed by atoms with E-state index in [0.717, 1.165) is 43.5 Å². The molecule has 1 aromatic carbocycles. The van der Waals surface area contributed by atoms with Gasteiger partial charge in [0.2, 0.25) is 0 Å². The van der Waals surface area contributed by atoms with E-state index in [9.17, 15) is 18.0 Å². The largest absolute Gasteiger partial charge is 0.481 e. The lowest BCUT2D eigenvalue weighted by Crippen LogP contribution is -2.33. The first kappa shape index (κ1) is 20.9. The van der Waals surface area contributed by atoms with Gasteiger partial charge in [-0.3, -0.25) is 4.79 Å². The Morgan fingerprint density at radius 3 is 2.32 bits per heavy atom. The fourth-order valence-electron chi connectivity index (χ4n) is 3.85. The van der Waals surface area contributed by atoms with Gasteiger partial charge in [-0.25, -0.2) is 9.97 Å². The van der Waals surface area contributed by atoms with E-state index >= 15 is 0 Å². The van der Waals surface area contributed by atoms with Crippen LogP contribution in [-0.4, -0.2) is 39.1 Å². The molecular formula is C22H21F3N4O2. The van der Waals surface area contributed by atoms with Crippen LogP contribution in [0.25, 0.3) is 11.4 Å². The van der Waals surface area contributed by atoms with Gasteiger partial charge in [0.05, 0.1) is 12.6 Å². The maximum atomic E-state index is 12.7. The number of aromatic nitrogens is 3. The van der Waals surface area contributed by atoms with Crippen LogP contribution in [0.1, 0.15) is 35.6 Å². The van der Waals surface area contributed by atoms with Gasteiger partial charge in [0, 0.05) is 24.8 Å². The first-order chi connectivity index (χ1) is 14.8. The highest BCUT2D eigenvalue weighted by Crippen LogP contribution is 2.32. The van der Waals surface area contributed by atoms with Crippen molar-refractivity contribution in [1.29, 1.82) is 0 Å². The molecule has 31 heavy (non-hydrogen) atoms. The average molecular weight is 430 g/mol. The zero-order valence-corrected chi connectivity index (χ0v) is 16.6. The average Bonchev–Trinajstić information content (AvgIpc) is 3.25. The summed E-state index contributed by atoms with van der Waals surface area (Å²) >= 11 is 0. The number of benzene rings is 1. The molecule has 162 valence electrons. The molecule has 0 unspecified atom stereocenters. The van der Waals surface area contributed by atoms with Crippen LogP contribution in [0.2, 0.25) is 0 Å². The number of H-pyrrole nitrogens is 1. The summed E-state index contributed by atoms with van der Waals surface area (Å²) in [6, 6.07) is 11.3. The summed E-state index contributed by atoms with van der Waals surface area (Å²) < 4.78 is 38.2. The van der Waals surface area contributed by atoms with Crippen molar-refractivity contribution in [1.82, 2.24) is 15.0 Å². The smallest absolute Gasteiger partial charge is 0.432 e. The van der Waals surface area contributed by atoms with E-state index in [0.29, 0.717) is 11.5 Å². The Morgan fingerprint density at radius 1 is 1.06 bits per heavy atom. The molecule has 3 aromatic rings. The van der Waals surface area contributed by atoms with E-state index < -0.39 is 17.8 Å². The second-order valence-electron chi connectivity index (χ2n) is 7.62. The van der Waals surface area contributed by atoms with Gasteiger partial charge in [-0.05, 0) is 42.0 Å². The van der Waals surface area contributed by atoms with Crippen molar-refractivity contribution in [3.05, 3.63) is 65.6 Å². The summed E-state index contributed by atoms with van der Waals surface area (Å²) in [5.74, 6) is 0.476. The summed E-state index contributed by atoms with van der Waals surface area (Å²) in [5, 5.41) is 8.88. The molecule has 0 bridgehead atoms. The maximum Gasteiger partial charge on any atom is 0.432 e. The van der Waals surface area contributed by atoms with Gasteiger partial charge in [0.15, 0.2) is 0 Å². The summed E-state index contributed by atoms with van der Waals surface area (Å²) in [6.07, 6.45) is -0.247. The third kappa shape index (κ3) is 4.87. The summed E-state index contributed by atoms with van der Waals surface area (Å²) in [6.45, 7) is 1.62. The Hall–Kier alpha value is -3.36. The van der Waals surface area contributed by atoms with Gasteiger partial charge in [0.1, 0.15) is 17.3 Å². The van der Waals surface area contributed by atoms with Crippen molar-refractivity contribution in [2.45, 2.75) is 31.4 Å². The van der Waals surface area contributed by atoms with E-state index in [1.165, 1.54) is 11.8 Å². The van der Waals surface area contributed by atoms with Crippen LogP contribution in [0.5, 0.6) is 0 Å². The van der Waals surface area contributed by atoms with Crippen LogP contribution in [0.15, 0.2) is 48.8 Å². The number of aromatic amines is 1. The van der Waals surface area contributed by atoms with Gasteiger partial charge in [0.25, 0.3) is 0 Å². The minimum absolute atomic E-state index is 0.0237. The molecule has 0 atom stereocenters. The number of carbonyl (C=O) groups is 1. The van der Waals surface area contributed by atoms with Gasteiger partial charge in [-0.2, -0.15) is 13.2 Å². The number of carboxylic acid groups (broad SMARTS) is 1. The topological polar surface area (TPSA) is 82.1 Å². The van der Waals surface area contributed by atoms with Gasteiger partial charge in [-0.15, -0.1) is 0 Å². The fraction of sp³-hybridized carbons (Fsp3) is 0.318. The second kappa shape index (κ2) is 8.41. The number of piperidine rings is 1. The molecule has 9 heteroatoms. The number of anilines is 1. The van der Waals surface area contributed by atoms with E-state index in [1.807, 2.05) is 24.3 Å². The maximum absolute atomic E-state index is 12.7. The number of carboxylic acids is 1. The highest BCUT2D eigenvalue weighted by Gasteiger charge is 2.33. The summed E-state index contributed by atoms with van der Waals surface area (Å²) in [7, 11) is 0. The van der Waals surface area contributed by atoms with E-state index in [-0.39, 0.29) is 12.2 Å². The minimum Gasteiger partial charge on any atom is -0.481 e. The highest BCUT2D eigenvalue weighted by molar-refractivity contribution is 5.70. The number of pyridine rings is 1. The van der Waals surface area contributed by atoms with Crippen LogP contribution in [0, 0.1) is 0 Å². The number of imidazole rings is 1. The van der Waals surface area contributed by atoms with Gasteiger partial charge in [-0.1, -0.05) is 24.3 Å². The molecule has 6 nitrogen and oxygen atoms in total. The number of nitrogens with one attached hydrogen (secondary N) is 1. The lowest BCUT2D eigenvalue weighted by Gasteiger charge is -2.33. The predicted octanol–water partition coefficient (Wildman–Crippen LogP) is 4.50. The molecule has 1 fully saturated rings. The van der Waals surface area contributed by atoms with Crippen molar-refractivity contribution in [3.8, 4) is 11.4 Å². The number of halogens is 3. The standard InChI is InChI=1S/C22H21F3N4O2/c23-22(24,25)18-13-27-21(28-18)17-5-6-19(26-12-17)29-9-7-16(8-10-29)15-3-1-14(2-4-15)11-20(30)31/h1-6,12-13,16H,7-11H2,(H,27,28)(H,30,31). The van der Waals surface area contributed by atoms with Crippen molar-refractivity contribution < 1.29 is 23.1 Å². The van der Waals surface area contributed by atoms with Gasteiger partial charge < -0.3 is 15.0 Å². The summed E-state index contributed by atoms with van der Waals surface area (Å²) in [4.78, 5) is 23.5. The van der Waals surface area contributed by atoms with E-state index in [2.05, 4.69) is 19.9 Å². The van der Waals surface area contributed by atoms with Crippen LogP contribution >= 0.6 is 0 Å². The monoisotopic (exact) mass is 430 g/mol. The third-order valence-corrected chi connectivity index (χ3v) is 5.53. The second-order valence-corrected chi connectivity index (χ2v) is 7.62. The SMILES string of the molecule is O=C(O)Cc1ccc(C2CCN(c3ccc(-c4ncc(C(F)(F)F)[nH]4)cn3)CC2)cc1. The van der Waals surface area contributed by atoms with Crippen molar-refractivity contribution >= 4 is 11.8 Å². The lowest BCUT2D eigenvalue weighted by molar-refractivity contribution is -0.141. The Morgan fingerprint density at radius 2 is 1.77 bits per heavy atom. The molecule has 0 saturated carbocycles. The molecule has 0 amide bonds. The van der Waals surface area contributed by atoms with Crippen molar-refractivity contribution in [3.63, 3.8) is 0 Å². The molecular weight excluding hydrogens is 409 g/mol. The third-order valence-electron chi connectivity index (χ3n) is 5.53. The van der Waals surface area contributed by atoms with Gasteiger partial charge >= 0.3 is 12.1 Å². The molecule has 0 radical (unpaired) electrons. The molecule has 1 aliphatic heterocycles. The van der Waals surface area contributed by atoms with Crippen LogP contribution in [0.4, 0.5) is 19.0 Å². The normalized spacial score (nSPS) is 15.3. The molecule has 1 aliphatic rings. The molecule has 2 aromatic heterocycles. The highest BCUT2D eigenvalue weighted by atomic mass is 19.4. The Kier molecular flexibility index (Phi) is 5.67. The number of hydrogen-bond acceptors (Lipinski definition) is 4. The van der Waals surface area contributed by atoms with E-state index in [1.54, 1.807) is 12.1 Å². The zero-order valence-electron chi connectivity index (χ0n) is 16.6. The number of hydrogen-bond donors (Lipinski definition) is 2. The molecule has 0 aliphatic carbocycles. The predicted molar refractivity (Wildman–Crippen MR) is 109 cm³/mol. The fourth-order valence-corrected chi connectivity index (χ4v) is 3.85. The number of nitrogens with zero attached hydrogens (tertiary/aromatic N) is 3. The molecule has 2 N–H and O–H groups in total. The van der Waals surface area contributed by atoms with Crippen LogP contribution in [-0.2, 0) is 17.4 Å². The molecule has 0 spiro atoms.